The van der Waals surface area contributed by atoms with Gasteiger partial charge in [0.2, 0.25) is 0 Å². The van der Waals surface area contributed by atoms with E-state index >= 15 is 0 Å². The topological polar surface area (TPSA) is 35.5 Å². The van der Waals surface area contributed by atoms with E-state index in [1.165, 1.54) is 45.2 Å². The van der Waals surface area contributed by atoms with Crippen LogP contribution < -0.4 is 5.32 Å². The van der Waals surface area contributed by atoms with E-state index in [9.17, 15) is 0 Å². The average Bonchev–Trinajstić information content (AvgIpc) is 2.16. The average molecular weight is 212 g/mol. The Morgan fingerprint density at radius 2 is 2.07 bits per heavy atom. The second-order valence-corrected chi connectivity index (χ2v) is 4.95. The van der Waals surface area contributed by atoms with Crippen LogP contribution in [-0.2, 0) is 0 Å². The highest BCUT2D eigenvalue weighted by Gasteiger charge is 2.28. The van der Waals surface area contributed by atoms with Crippen molar-refractivity contribution in [2.24, 2.45) is 0 Å². The van der Waals surface area contributed by atoms with Crippen LogP contribution in [-0.4, -0.2) is 48.3 Å². The fourth-order valence-electron chi connectivity index (χ4n) is 2.64. The smallest absolute Gasteiger partial charge is 0.0443 e. The van der Waals surface area contributed by atoms with Crippen molar-refractivity contribution < 1.29 is 5.11 Å². The van der Waals surface area contributed by atoms with Gasteiger partial charge in [0.25, 0.3) is 0 Å². The molecule has 2 N–H and O–H groups in total. The molecule has 1 saturated carbocycles. The van der Waals surface area contributed by atoms with Gasteiger partial charge in [-0.2, -0.15) is 0 Å². The van der Waals surface area contributed by atoms with E-state index in [0.717, 1.165) is 19.0 Å². The predicted molar refractivity (Wildman–Crippen MR) is 61.9 cm³/mol. The molecular weight excluding hydrogens is 188 g/mol. The summed E-state index contributed by atoms with van der Waals surface area (Å²) in [6.07, 6.45) is 7.82. The van der Waals surface area contributed by atoms with Gasteiger partial charge >= 0.3 is 0 Å². The second kappa shape index (κ2) is 5.83. The molecule has 88 valence electrons. The highest BCUT2D eigenvalue weighted by Crippen LogP contribution is 2.27. The summed E-state index contributed by atoms with van der Waals surface area (Å²) < 4.78 is 0. The van der Waals surface area contributed by atoms with Crippen LogP contribution in [0.1, 0.15) is 38.5 Å². The van der Waals surface area contributed by atoms with Gasteiger partial charge in [-0.3, -0.25) is 4.90 Å². The number of nitrogens with zero attached hydrogens (tertiary/aromatic N) is 1. The van der Waals surface area contributed by atoms with E-state index in [2.05, 4.69) is 10.2 Å². The molecule has 1 heterocycles. The molecule has 0 aromatic rings. The van der Waals surface area contributed by atoms with Crippen LogP contribution in [0.25, 0.3) is 0 Å². The summed E-state index contributed by atoms with van der Waals surface area (Å²) >= 11 is 0. The summed E-state index contributed by atoms with van der Waals surface area (Å²) in [7, 11) is 0. The molecule has 0 radical (unpaired) electrons. The summed E-state index contributed by atoms with van der Waals surface area (Å²) in [4.78, 5) is 2.67. The van der Waals surface area contributed by atoms with Crippen molar-refractivity contribution in [3.8, 4) is 0 Å². The van der Waals surface area contributed by atoms with Crippen molar-refractivity contribution in [1.82, 2.24) is 10.2 Å². The summed E-state index contributed by atoms with van der Waals surface area (Å²) in [5, 5.41) is 12.3. The van der Waals surface area contributed by atoms with Gasteiger partial charge in [0.1, 0.15) is 0 Å². The third kappa shape index (κ3) is 3.16. The summed E-state index contributed by atoms with van der Waals surface area (Å²) in [5.41, 5.74) is 0. The largest absolute Gasteiger partial charge is 0.396 e. The maximum atomic E-state index is 8.73. The Hall–Kier alpha value is -0.120. The molecule has 3 heteroatoms. The van der Waals surface area contributed by atoms with Gasteiger partial charge in [-0.1, -0.05) is 6.42 Å². The normalized spacial score (nSPS) is 29.0. The van der Waals surface area contributed by atoms with E-state index < -0.39 is 0 Å². The molecule has 2 aliphatic rings. The number of aliphatic hydroxyl groups excluding tert-OH is 1. The molecule has 0 bridgehead atoms. The van der Waals surface area contributed by atoms with Gasteiger partial charge in [-0.25, -0.2) is 0 Å². The van der Waals surface area contributed by atoms with E-state index in [1.807, 2.05) is 0 Å². The Kier molecular flexibility index (Phi) is 4.42. The third-order valence-electron chi connectivity index (χ3n) is 3.81. The number of hydrogen-bond donors (Lipinski definition) is 2. The number of likely N-dealkylation sites (tertiary alicyclic amines) is 1. The molecule has 1 unspecified atom stereocenters. The lowest BCUT2D eigenvalue weighted by molar-refractivity contribution is 0.0871. The van der Waals surface area contributed by atoms with E-state index in [1.54, 1.807) is 0 Å². The predicted octanol–water partition coefficient (Wildman–Crippen LogP) is 0.975. The first-order valence-electron chi connectivity index (χ1n) is 6.48. The van der Waals surface area contributed by atoms with Crippen LogP contribution in [0.2, 0.25) is 0 Å². The first-order chi connectivity index (χ1) is 7.40. The highest BCUT2D eigenvalue weighted by molar-refractivity contribution is 4.86. The Morgan fingerprint density at radius 3 is 2.73 bits per heavy atom. The number of hydrogen-bond acceptors (Lipinski definition) is 3. The van der Waals surface area contributed by atoms with E-state index in [4.69, 9.17) is 5.11 Å². The minimum Gasteiger partial charge on any atom is -0.396 e. The van der Waals surface area contributed by atoms with Crippen LogP contribution in [0.3, 0.4) is 0 Å². The molecule has 1 atom stereocenters. The molecule has 15 heavy (non-hydrogen) atoms. The number of aliphatic hydroxyl groups is 1. The fraction of sp³-hybridized carbons (Fsp3) is 1.00. The van der Waals surface area contributed by atoms with Gasteiger partial charge in [-0.15, -0.1) is 0 Å². The van der Waals surface area contributed by atoms with Crippen molar-refractivity contribution >= 4 is 0 Å². The highest BCUT2D eigenvalue weighted by atomic mass is 16.3. The van der Waals surface area contributed by atoms with Crippen molar-refractivity contribution in [1.29, 1.82) is 0 Å². The van der Waals surface area contributed by atoms with Crippen molar-refractivity contribution in [3.05, 3.63) is 0 Å². The van der Waals surface area contributed by atoms with E-state index in [-0.39, 0.29) is 0 Å². The molecular formula is C12H24N2O. The molecule has 2 rings (SSSR count). The molecule has 1 aliphatic carbocycles. The zero-order chi connectivity index (χ0) is 10.5. The zero-order valence-corrected chi connectivity index (χ0v) is 9.62. The third-order valence-corrected chi connectivity index (χ3v) is 3.81. The number of rotatable bonds is 5. The van der Waals surface area contributed by atoms with Gasteiger partial charge in [0.05, 0.1) is 0 Å². The summed E-state index contributed by atoms with van der Waals surface area (Å²) in [6.45, 7) is 3.82. The van der Waals surface area contributed by atoms with E-state index in [0.29, 0.717) is 12.6 Å². The Labute approximate surface area is 92.8 Å². The lowest BCUT2D eigenvalue weighted by atomic mass is 9.89. The van der Waals surface area contributed by atoms with Gasteiger partial charge in [-0.05, 0) is 45.2 Å². The number of nitrogens with one attached hydrogen (secondary N) is 1. The first-order valence-corrected chi connectivity index (χ1v) is 6.48. The van der Waals surface area contributed by atoms with Crippen molar-refractivity contribution in [2.75, 3.05) is 26.2 Å². The van der Waals surface area contributed by atoms with Gasteiger partial charge in [0.15, 0.2) is 0 Å². The molecule has 0 spiro atoms. The van der Waals surface area contributed by atoms with Crippen LogP contribution in [0.4, 0.5) is 0 Å². The van der Waals surface area contributed by atoms with Crippen molar-refractivity contribution in [2.45, 2.75) is 50.6 Å². The standard InChI is InChI=1S/C12H24N2O/c15-9-3-7-13-11-4-2-8-14(10-11)12-5-1-6-12/h11-13,15H,1-10H2. The molecule has 1 saturated heterocycles. The van der Waals surface area contributed by atoms with Crippen molar-refractivity contribution in [3.63, 3.8) is 0 Å². The molecule has 0 aromatic carbocycles. The Morgan fingerprint density at radius 1 is 1.20 bits per heavy atom. The van der Waals surface area contributed by atoms with Crippen LogP contribution in [0.15, 0.2) is 0 Å². The molecule has 2 fully saturated rings. The Bertz CT molecular complexity index is 182. The maximum Gasteiger partial charge on any atom is 0.0443 e. The zero-order valence-electron chi connectivity index (χ0n) is 9.62. The monoisotopic (exact) mass is 212 g/mol. The number of piperidine rings is 1. The quantitative estimate of drug-likeness (QED) is 0.667. The minimum atomic E-state index is 0.312. The Balaban J connectivity index is 1.67. The fourth-order valence-corrected chi connectivity index (χ4v) is 2.64. The molecule has 0 aromatic heterocycles. The minimum absolute atomic E-state index is 0.312. The van der Waals surface area contributed by atoms with Crippen LogP contribution >= 0.6 is 0 Å². The second-order valence-electron chi connectivity index (χ2n) is 4.95. The first kappa shape index (κ1) is 11.4. The molecule has 0 amide bonds. The summed E-state index contributed by atoms with van der Waals surface area (Å²) in [5.74, 6) is 0. The van der Waals surface area contributed by atoms with Crippen LogP contribution in [0.5, 0.6) is 0 Å². The van der Waals surface area contributed by atoms with Gasteiger partial charge < -0.3 is 10.4 Å². The lowest BCUT2D eigenvalue weighted by Crippen LogP contribution is -2.51. The summed E-state index contributed by atoms with van der Waals surface area (Å²) in [6, 6.07) is 1.57. The van der Waals surface area contributed by atoms with Crippen LogP contribution in [0, 0.1) is 0 Å². The SMILES string of the molecule is OCCCNC1CCCN(C2CCC2)C1. The molecule has 1 aliphatic heterocycles. The van der Waals surface area contributed by atoms with Gasteiger partial charge in [0, 0.05) is 25.2 Å². The lowest BCUT2D eigenvalue weighted by Gasteiger charge is -2.42. The maximum absolute atomic E-state index is 8.73. The molecule has 3 nitrogen and oxygen atoms in total.